The lowest BCUT2D eigenvalue weighted by Crippen LogP contribution is -1.93. The molecule has 3 nitrogen and oxygen atoms in total. The van der Waals surface area contributed by atoms with Crippen molar-refractivity contribution in [2.45, 2.75) is 6.92 Å². The summed E-state index contributed by atoms with van der Waals surface area (Å²) in [4.78, 5) is 15.4. The predicted octanol–water partition coefficient (Wildman–Crippen LogP) is 12.5. The van der Waals surface area contributed by atoms with Crippen LogP contribution in [0.1, 0.15) is 5.56 Å². The van der Waals surface area contributed by atoms with E-state index in [1.54, 1.807) is 0 Å². The van der Waals surface area contributed by atoms with E-state index in [9.17, 15) is 0 Å². The van der Waals surface area contributed by atoms with E-state index < -0.39 is 0 Å². The molecule has 0 spiro atoms. The third-order valence-electron chi connectivity index (χ3n) is 9.61. The number of hydrogen-bond acceptors (Lipinski definition) is 3. The highest BCUT2D eigenvalue weighted by Crippen LogP contribution is 2.34. The first-order valence-corrected chi connectivity index (χ1v) is 17.3. The fourth-order valence-corrected chi connectivity index (χ4v) is 6.86. The van der Waals surface area contributed by atoms with Crippen LogP contribution in [0.4, 0.5) is 0 Å². The van der Waals surface area contributed by atoms with E-state index in [0.717, 1.165) is 83.5 Å². The van der Waals surface area contributed by atoms with Gasteiger partial charge in [0.05, 0.1) is 33.8 Å². The molecule has 0 atom stereocenters. The van der Waals surface area contributed by atoms with Gasteiger partial charge < -0.3 is 0 Å². The lowest BCUT2D eigenvalue weighted by Gasteiger charge is -2.11. The minimum absolute atomic E-state index is 0.922. The smallest absolute Gasteiger partial charge is 0.0975 e. The first-order chi connectivity index (χ1) is 25.2. The first kappa shape index (κ1) is 30.4. The zero-order valence-corrected chi connectivity index (χ0v) is 28.2. The molecule has 0 aliphatic heterocycles. The lowest BCUT2D eigenvalue weighted by atomic mass is 9.98. The van der Waals surface area contributed by atoms with Gasteiger partial charge in [0.25, 0.3) is 0 Å². The van der Waals surface area contributed by atoms with E-state index in [1.165, 1.54) is 11.1 Å². The Morgan fingerprint density at radius 3 is 1.27 bits per heavy atom. The molecule has 0 aliphatic rings. The number of hydrogen-bond donors (Lipinski definition) is 0. The Hall–Kier alpha value is -6.71. The predicted molar refractivity (Wildman–Crippen MR) is 212 cm³/mol. The maximum absolute atomic E-state index is 5.19. The standard InChI is InChI=1S/C48H33N3/c1-32-29-44(36-13-7-3-8-14-36)51-48-42(32)27-25-40-26-28-43(50-47(40)48)38-21-17-34(18-22-38)35-19-23-39(24-20-35)46-31-41(33-11-5-2-6-12-33)30-45(49-46)37-15-9-4-10-16-37/h2-31H,1H3. The number of pyridine rings is 3. The third-order valence-corrected chi connectivity index (χ3v) is 9.61. The molecule has 240 valence electrons. The topological polar surface area (TPSA) is 38.7 Å². The summed E-state index contributed by atoms with van der Waals surface area (Å²) in [5.74, 6) is 0. The van der Waals surface area contributed by atoms with Gasteiger partial charge in [-0.3, -0.25) is 0 Å². The molecular weight excluding hydrogens is 619 g/mol. The lowest BCUT2D eigenvalue weighted by molar-refractivity contribution is 1.32. The Bertz CT molecular complexity index is 2590. The van der Waals surface area contributed by atoms with Crippen molar-refractivity contribution in [3.8, 4) is 67.3 Å². The van der Waals surface area contributed by atoms with Gasteiger partial charge in [-0.1, -0.05) is 158 Å². The van der Waals surface area contributed by atoms with E-state index >= 15 is 0 Å². The van der Waals surface area contributed by atoms with Crippen molar-refractivity contribution in [3.05, 3.63) is 188 Å². The van der Waals surface area contributed by atoms with E-state index in [2.05, 4.69) is 177 Å². The second kappa shape index (κ2) is 13.0. The van der Waals surface area contributed by atoms with Crippen LogP contribution >= 0.6 is 0 Å². The summed E-state index contributed by atoms with van der Waals surface area (Å²) in [6, 6.07) is 63.7. The number of aromatic nitrogens is 3. The Morgan fingerprint density at radius 1 is 0.294 bits per heavy atom. The summed E-state index contributed by atoms with van der Waals surface area (Å²) < 4.78 is 0. The number of aryl methyl sites for hydroxylation is 1. The molecule has 0 N–H and O–H groups in total. The molecular formula is C48H33N3. The van der Waals surface area contributed by atoms with Crippen LogP contribution in [-0.4, -0.2) is 15.0 Å². The van der Waals surface area contributed by atoms with Gasteiger partial charge in [0.1, 0.15) is 0 Å². The molecule has 0 saturated carbocycles. The van der Waals surface area contributed by atoms with Crippen molar-refractivity contribution in [1.82, 2.24) is 15.0 Å². The molecule has 0 amide bonds. The Morgan fingerprint density at radius 2 is 0.706 bits per heavy atom. The summed E-state index contributed by atoms with van der Waals surface area (Å²) in [6.07, 6.45) is 0. The molecule has 0 aliphatic carbocycles. The van der Waals surface area contributed by atoms with Gasteiger partial charge in [-0.05, 0) is 59.0 Å². The molecule has 9 rings (SSSR count). The van der Waals surface area contributed by atoms with Gasteiger partial charge in [0.15, 0.2) is 0 Å². The quantitative estimate of drug-likeness (QED) is 0.168. The van der Waals surface area contributed by atoms with Gasteiger partial charge in [-0.25, -0.2) is 15.0 Å². The van der Waals surface area contributed by atoms with Crippen LogP contribution < -0.4 is 0 Å². The van der Waals surface area contributed by atoms with Crippen LogP contribution in [0, 0.1) is 6.92 Å². The zero-order valence-electron chi connectivity index (χ0n) is 28.2. The fourth-order valence-electron chi connectivity index (χ4n) is 6.86. The van der Waals surface area contributed by atoms with E-state index in [1.807, 2.05) is 12.1 Å². The highest BCUT2D eigenvalue weighted by Gasteiger charge is 2.12. The SMILES string of the molecule is Cc1cc(-c2ccccc2)nc2c1ccc1ccc(-c3ccc(-c4ccc(-c5cc(-c6ccccc6)cc(-c6ccccc6)n5)cc4)cc3)nc12. The Kier molecular flexibility index (Phi) is 7.71. The summed E-state index contributed by atoms with van der Waals surface area (Å²) in [7, 11) is 0. The van der Waals surface area contributed by atoms with Crippen LogP contribution in [0.15, 0.2) is 182 Å². The summed E-state index contributed by atoms with van der Waals surface area (Å²) >= 11 is 0. The zero-order chi connectivity index (χ0) is 34.1. The van der Waals surface area contributed by atoms with E-state index in [4.69, 9.17) is 15.0 Å². The minimum atomic E-state index is 0.922. The van der Waals surface area contributed by atoms with Crippen molar-refractivity contribution in [2.24, 2.45) is 0 Å². The largest absolute Gasteiger partial charge is 0.248 e. The maximum Gasteiger partial charge on any atom is 0.0975 e. The van der Waals surface area contributed by atoms with E-state index in [0.29, 0.717) is 0 Å². The summed E-state index contributed by atoms with van der Waals surface area (Å²) in [5.41, 5.74) is 15.8. The monoisotopic (exact) mass is 651 g/mol. The van der Waals surface area contributed by atoms with Crippen molar-refractivity contribution in [1.29, 1.82) is 0 Å². The average molecular weight is 652 g/mol. The molecule has 0 fully saturated rings. The molecule has 9 aromatic rings. The second-order valence-electron chi connectivity index (χ2n) is 12.9. The number of benzene rings is 6. The summed E-state index contributed by atoms with van der Waals surface area (Å²) in [5, 5.41) is 2.21. The third kappa shape index (κ3) is 5.96. The van der Waals surface area contributed by atoms with Crippen molar-refractivity contribution >= 4 is 21.8 Å². The number of rotatable bonds is 6. The second-order valence-corrected chi connectivity index (χ2v) is 12.9. The molecule has 0 unspecified atom stereocenters. The Balaban J connectivity index is 1.03. The molecule has 3 heterocycles. The van der Waals surface area contributed by atoms with Crippen LogP contribution in [0.5, 0.6) is 0 Å². The fraction of sp³-hybridized carbons (Fsp3) is 0.0208. The van der Waals surface area contributed by atoms with Gasteiger partial charge in [-0.2, -0.15) is 0 Å². The van der Waals surface area contributed by atoms with Crippen LogP contribution in [0.3, 0.4) is 0 Å². The molecule has 3 heteroatoms. The van der Waals surface area contributed by atoms with Crippen molar-refractivity contribution in [2.75, 3.05) is 0 Å². The molecule has 51 heavy (non-hydrogen) atoms. The normalized spacial score (nSPS) is 11.2. The highest BCUT2D eigenvalue weighted by molar-refractivity contribution is 6.05. The first-order valence-electron chi connectivity index (χ1n) is 17.3. The Labute approximate surface area is 297 Å². The number of fused-ring (bicyclic) bond motifs is 3. The molecule has 6 aromatic carbocycles. The van der Waals surface area contributed by atoms with Crippen LogP contribution in [0.2, 0.25) is 0 Å². The minimum Gasteiger partial charge on any atom is -0.248 e. The van der Waals surface area contributed by atoms with Crippen LogP contribution in [0.25, 0.3) is 89.1 Å². The molecule has 0 radical (unpaired) electrons. The van der Waals surface area contributed by atoms with Crippen molar-refractivity contribution in [3.63, 3.8) is 0 Å². The molecule has 0 saturated heterocycles. The number of nitrogens with zero attached hydrogens (tertiary/aromatic N) is 3. The van der Waals surface area contributed by atoms with Crippen molar-refractivity contribution < 1.29 is 0 Å². The molecule has 0 bridgehead atoms. The van der Waals surface area contributed by atoms with Crippen LogP contribution in [-0.2, 0) is 0 Å². The van der Waals surface area contributed by atoms with Gasteiger partial charge in [-0.15, -0.1) is 0 Å². The summed E-state index contributed by atoms with van der Waals surface area (Å²) in [6.45, 7) is 2.15. The average Bonchev–Trinajstić information content (AvgIpc) is 3.21. The molecule has 3 aromatic heterocycles. The van der Waals surface area contributed by atoms with Gasteiger partial charge in [0.2, 0.25) is 0 Å². The van der Waals surface area contributed by atoms with Gasteiger partial charge >= 0.3 is 0 Å². The maximum atomic E-state index is 5.19. The van der Waals surface area contributed by atoms with E-state index in [-0.39, 0.29) is 0 Å². The van der Waals surface area contributed by atoms with Gasteiger partial charge in [0, 0.05) is 33.0 Å². The highest BCUT2D eigenvalue weighted by atomic mass is 14.8.